The molecule has 0 radical (unpaired) electrons. The Morgan fingerprint density at radius 3 is 2.67 bits per heavy atom. The second-order valence-corrected chi connectivity index (χ2v) is 5.99. The van der Waals surface area contributed by atoms with Crippen LogP contribution >= 0.6 is 0 Å². The van der Waals surface area contributed by atoms with Gasteiger partial charge in [-0.15, -0.1) is 0 Å². The summed E-state index contributed by atoms with van der Waals surface area (Å²) >= 11 is 0. The molecule has 1 aliphatic rings. The number of nitriles is 1. The third-order valence-corrected chi connectivity index (χ3v) is 4.07. The standard InChI is InChI=1S/C19H15N5O2.C2H6.CH2O/c1-12(25)21-14-6-5-13-10-24-16(11-26-19(13)7-14)8-18(23-24)17-4-2-3-15(9-20)22-17;2*1-2/h2-8H,10-11H2,1H3,(H,21,25);1-2H3;1H2. The highest BCUT2D eigenvalue weighted by Crippen LogP contribution is 2.29. The van der Waals surface area contributed by atoms with Gasteiger partial charge in [-0.2, -0.15) is 10.4 Å². The van der Waals surface area contributed by atoms with Gasteiger partial charge in [0.1, 0.15) is 36.6 Å². The van der Waals surface area contributed by atoms with Gasteiger partial charge in [0.2, 0.25) is 5.91 Å². The second-order valence-electron chi connectivity index (χ2n) is 5.99. The van der Waals surface area contributed by atoms with Crippen molar-refractivity contribution in [2.24, 2.45) is 0 Å². The Kier molecular flexibility index (Phi) is 7.82. The molecule has 8 nitrogen and oxygen atoms in total. The van der Waals surface area contributed by atoms with Crippen LogP contribution in [-0.4, -0.2) is 27.5 Å². The largest absolute Gasteiger partial charge is 0.487 e. The molecule has 0 aliphatic carbocycles. The first kappa shape index (κ1) is 22.3. The summed E-state index contributed by atoms with van der Waals surface area (Å²) in [4.78, 5) is 23.5. The van der Waals surface area contributed by atoms with Gasteiger partial charge in [0.15, 0.2) is 0 Å². The van der Waals surface area contributed by atoms with Crippen molar-refractivity contribution < 1.29 is 14.3 Å². The van der Waals surface area contributed by atoms with Crippen molar-refractivity contribution in [1.82, 2.24) is 14.8 Å². The Morgan fingerprint density at radius 1 is 1.20 bits per heavy atom. The van der Waals surface area contributed by atoms with E-state index in [2.05, 4.69) is 15.4 Å². The molecule has 1 aromatic carbocycles. The maximum Gasteiger partial charge on any atom is 0.221 e. The van der Waals surface area contributed by atoms with Crippen LogP contribution in [0.4, 0.5) is 5.69 Å². The van der Waals surface area contributed by atoms with Gasteiger partial charge in [0, 0.05) is 24.2 Å². The zero-order valence-electron chi connectivity index (χ0n) is 17.2. The first-order chi connectivity index (χ1) is 14.6. The Labute approximate surface area is 175 Å². The molecule has 0 bridgehead atoms. The van der Waals surface area contributed by atoms with Gasteiger partial charge >= 0.3 is 0 Å². The summed E-state index contributed by atoms with van der Waals surface area (Å²) in [7, 11) is 0. The molecule has 154 valence electrons. The van der Waals surface area contributed by atoms with Crippen molar-refractivity contribution in [3.8, 4) is 23.2 Å². The van der Waals surface area contributed by atoms with Crippen molar-refractivity contribution in [1.29, 1.82) is 5.26 Å². The molecule has 0 atom stereocenters. The highest BCUT2D eigenvalue weighted by molar-refractivity contribution is 5.88. The van der Waals surface area contributed by atoms with Gasteiger partial charge in [-0.05, 0) is 24.3 Å². The first-order valence-electron chi connectivity index (χ1n) is 9.39. The number of hydrogen-bond acceptors (Lipinski definition) is 6. The summed E-state index contributed by atoms with van der Waals surface area (Å²) in [6, 6.07) is 14.8. The van der Waals surface area contributed by atoms with Gasteiger partial charge in [-0.3, -0.25) is 9.48 Å². The number of carbonyl (C=O) groups is 2. The molecular formula is C22H23N5O3. The fourth-order valence-corrected chi connectivity index (χ4v) is 2.89. The van der Waals surface area contributed by atoms with E-state index in [0.717, 1.165) is 17.0 Å². The van der Waals surface area contributed by atoms with Crippen LogP contribution in [-0.2, 0) is 22.7 Å². The van der Waals surface area contributed by atoms with Crippen molar-refractivity contribution >= 4 is 18.4 Å². The molecule has 1 aliphatic heterocycles. The maximum absolute atomic E-state index is 11.2. The number of ether oxygens (including phenoxy) is 1. The van der Waals surface area contributed by atoms with Crippen LogP contribution in [0.25, 0.3) is 11.4 Å². The van der Waals surface area contributed by atoms with E-state index in [9.17, 15) is 4.79 Å². The number of nitrogens with zero attached hydrogens (tertiary/aromatic N) is 4. The van der Waals surface area contributed by atoms with E-state index in [-0.39, 0.29) is 5.91 Å². The summed E-state index contributed by atoms with van der Waals surface area (Å²) < 4.78 is 7.78. The Hall–Kier alpha value is -3.99. The fraction of sp³-hybridized carbons (Fsp3) is 0.227. The van der Waals surface area contributed by atoms with Gasteiger partial charge < -0.3 is 14.8 Å². The molecule has 3 aromatic rings. The molecule has 2 aromatic heterocycles. The lowest BCUT2D eigenvalue weighted by Gasteiger charge is -2.09. The summed E-state index contributed by atoms with van der Waals surface area (Å²) in [5.74, 6) is 0.608. The molecule has 30 heavy (non-hydrogen) atoms. The summed E-state index contributed by atoms with van der Waals surface area (Å²) in [5.41, 5.74) is 4.32. The molecule has 8 heteroatoms. The predicted molar refractivity (Wildman–Crippen MR) is 113 cm³/mol. The topological polar surface area (TPSA) is 110 Å². The second kappa shape index (κ2) is 10.5. The molecular weight excluding hydrogens is 382 g/mol. The monoisotopic (exact) mass is 405 g/mol. The van der Waals surface area contributed by atoms with Gasteiger partial charge in [0.25, 0.3) is 0 Å². The number of nitrogens with one attached hydrogen (secondary N) is 1. The summed E-state index contributed by atoms with van der Waals surface area (Å²) in [5, 5.41) is 16.4. The van der Waals surface area contributed by atoms with Crippen LogP contribution < -0.4 is 10.1 Å². The zero-order chi connectivity index (χ0) is 22.1. The molecule has 0 saturated carbocycles. The number of rotatable bonds is 2. The zero-order valence-corrected chi connectivity index (χ0v) is 17.2. The first-order valence-corrected chi connectivity index (χ1v) is 9.39. The van der Waals surface area contributed by atoms with Gasteiger partial charge in [-0.25, -0.2) is 4.98 Å². The molecule has 0 spiro atoms. The van der Waals surface area contributed by atoms with E-state index in [0.29, 0.717) is 35.9 Å². The van der Waals surface area contributed by atoms with Crippen LogP contribution in [0.1, 0.15) is 37.7 Å². The van der Waals surface area contributed by atoms with E-state index in [1.807, 2.05) is 61.7 Å². The lowest BCUT2D eigenvalue weighted by Crippen LogP contribution is -2.06. The normalized spacial score (nSPS) is 10.9. The van der Waals surface area contributed by atoms with Crippen LogP contribution in [0.5, 0.6) is 5.75 Å². The minimum absolute atomic E-state index is 0.122. The number of hydrogen-bond donors (Lipinski definition) is 1. The number of anilines is 1. The van der Waals surface area contributed by atoms with Crippen molar-refractivity contribution in [2.45, 2.75) is 33.9 Å². The third kappa shape index (κ3) is 5.08. The van der Waals surface area contributed by atoms with Crippen LogP contribution in [0.3, 0.4) is 0 Å². The minimum atomic E-state index is -0.122. The number of aromatic nitrogens is 3. The van der Waals surface area contributed by atoms with Gasteiger partial charge in [-0.1, -0.05) is 26.0 Å². The van der Waals surface area contributed by atoms with E-state index < -0.39 is 0 Å². The molecule has 0 fully saturated rings. The SMILES string of the molecule is C=O.CC.CC(=O)Nc1ccc2c(c1)OCc1cc(-c3cccc(C#N)n3)nn1C2. The fourth-order valence-electron chi connectivity index (χ4n) is 2.89. The highest BCUT2D eigenvalue weighted by Gasteiger charge is 2.18. The third-order valence-electron chi connectivity index (χ3n) is 4.07. The van der Waals surface area contributed by atoms with E-state index >= 15 is 0 Å². The molecule has 1 amide bonds. The average Bonchev–Trinajstić information content (AvgIpc) is 3.11. The number of pyridine rings is 1. The Balaban J connectivity index is 0.000000757. The van der Waals surface area contributed by atoms with Gasteiger partial charge in [0.05, 0.1) is 17.9 Å². The molecule has 0 unspecified atom stereocenters. The number of fused-ring (bicyclic) bond motifs is 2. The smallest absolute Gasteiger partial charge is 0.221 e. The highest BCUT2D eigenvalue weighted by atomic mass is 16.5. The van der Waals surface area contributed by atoms with Crippen molar-refractivity contribution in [2.75, 3.05) is 5.32 Å². The van der Waals surface area contributed by atoms with Crippen molar-refractivity contribution in [3.63, 3.8) is 0 Å². The Morgan fingerprint density at radius 2 is 1.97 bits per heavy atom. The van der Waals surface area contributed by atoms with Crippen molar-refractivity contribution in [3.05, 3.63) is 59.4 Å². The minimum Gasteiger partial charge on any atom is -0.487 e. The number of benzene rings is 1. The molecule has 3 heterocycles. The number of carbonyl (C=O) groups excluding carboxylic acids is 2. The van der Waals surface area contributed by atoms with E-state index in [4.69, 9.17) is 14.8 Å². The van der Waals surface area contributed by atoms with E-state index in [1.54, 1.807) is 12.1 Å². The Bertz CT molecular complexity index is 1070. The predicted octanol–water partition coefficient (Wildman–Crippen LogP) is 3.56. The number of amides is 1. The molecule has 1 N–H and O–H groups in total. The summed E-state index contributed by atoms with van der Waals surface area (Å²) in [6.07, 6.45) is 0. The molecule has 4 rings (SSSR count). The quantitative estimate of drug-likeness (QED) is 0.698. The molecule has 0 saturated heterocycles. The van der Waals surface area contributed by atoms with Crippen LogP contribution in [0, 0.1) is 11.3 Å². The van der Waals surface area contributed by atoms with E-state index in [1.165, 1.54) is 6.92 Å². The average molecular weight is 405 g/mol. The summed E-state index contributed by atoms with van der Waals surface area (Å²) in [6.45, 7) is 8.39. The van der Waals surface area contributed by atoms with Crippen LogP contribution in [0.2, 0.25) is 0 Å². The lowest BCUT2D eigenvalue weighted by atomic mass is 10.2. The van der Waals surface area contributed by atoms with Crippen LogP contribution in [0.15, 0.2) is 42.5 Å². The lowest BCUT2D eigenvalue weighted by molar-refractivity contribution is -0.114. The maximum atomic E-state index is 11.2.